The van der Waals surface area contributed by atoms with Crippen molar-refractivity contribution in [2.75, 3.05) is 156 Å². The molecule has 3 atom stereocenters. The Morgan fingerprint density at radius 1 is 0.767 bits per heavy atom. The number of anilines is 2. The average molecular weight is 1010 g/mol. The van der Waals surface area contributed by atoms with Gasteiger partial charge in [-0.05, 0) is 79.4 Å². The number of hydrogen-bond donors (Lipinski definition) is 3. The van der Waals surface area contributed by atoms with Crippen molar-refractivity contribution in [1.29, 1.82) is 0 Å². The molecule has 18 heteroatoms. The van der Waals surface area contributed by atoms with Crippen LogP contribution in [0.2, 0.25) is 0 Å². The maximum absolute atomic E-state index is 13.9. The number of ether oxygens (including phenoxy) is 9. The van der Waals surface area contributed by atoms with E-state index in [2.05, 4.69) is 65.7 Å². The third-order valence-electron chi connectivity index (χ3n) is 12.5. The highest BCUT2D eigenvalue weighted by Gasteiger charge is 2.40. The van der Waals surface area contributed by atoms with Crippen molar-refractivity contribution in [1.82, 2.24) is 25.5 Å². The lowest BCUT2D eigenvalue weighted by Gasteiger charge is -2.39. The first kappa shape index (κ1) is 57.3. The minimum absolute atomic E-state index is 0.0924. The van der Waals surface area contributed by atoms with E-state index in [1.54, 1.807) is 31.6 Å². The fourth-order valence-electron chi connectivity index (χ4n) is 8.59. The highest BCUT2D eigenvalue weighted by molar-refractivity contribution is 6.04. The Morgan fingerprint density at radius 3 is 1.99 bits per heavy atom. The molecule has 73 heavy (non-hydrogen) atoms. The number of fused-ring (bicyclic) bond motifs is 1. The van der Waals surface area contributed by atoms with Gasteiger partial charge >= 0.3 is 0 Å². The third kappa shape index (κ3) is 20.0. The quantitative estimate of drug-likeness (QED) is 0.0517. The molecule has 6 rings (SSSR count). The number of aromatic nitrogens is 2. The molecule has 2 aliphatic heterocycles. The molecule has 1 saturated heterocycles. The largest absolute Gasteiger partial charge is 0.491 e. The van der Waals surface area contributed by atoms with E-state index in [1.807, 2.05) is 53.6 Å². The lowest BCUT2D eigenvalue weighted by atomic mass is 9.91. The van der Waals surface area contributed by atoms with E-state index in [1.165, 1.54) is 0 Å². The summed E-state index contributed by atoms with van der Waals surface area (Å²) in [5.74, 6) is 0.710. The van der Waals surface area contributed by atoms with Crippen molar-refractivity contribution in [3.05, 3.63) is 113 Å². The molecule has 1 fully saturated rings. The smallest absolute Gasteiger partial charge is 0.255 e. The van der Waals surface area contributed by atoms with Gasteiger partial charge < -0.3 is 63.5 Å². The molecule has 0 radical (unpaired) electrons. The van der Waals surface area contributed by atoms with Gasteiger partial charge in [-0.3, -0.25) is 24.5 Å². The predicted molar refractivity (Wildman–Crippen MR) is 280 cm³/mol. The molecule has 400 valence electrons. The van der Waals surface area contributed by atoms with Crippen LogP contribution in [0.25, 0.3) is 0 Å². The van der Waals surface area contributed by atoms with Crippen molar-refractivity contribution < 1.29 is 52.2 Å². The minimum Gasteiger partial charge on any atom is -0.491 e. The Morgan fingerprint density at radius 2 is 1.37 bits per heavy atom. The molecule has 2 aromatic heterocycles. The average Bonchev–Trinajstić information content (AvgIpc) is 3.66. The Kier molecular flexibility index (Phi) is 24.9. The molecule has 0 saturated carbocycles. The number of piperazine rings is 1. The molecule has 2 amide bonds. The van der Waals surface area contributed by atoms with E-state index in [0.717, 1.165) is 46.9 Å². The van der Waals surface area contributed by atoms with E-state index in [-0.39, 0.29) is 29.3 Å². The van der Waals surface area contributed by atoms with Crippen molar-refractivity contribution in [2.24, 2.45) is 0 Å². The number of carbonyl (C=O) groups excluding carboxylic acids is 2. The molecule has 0 aliphatic carbocycles. The maximum Gasteiger partial charge on any atom is 0.255 e. The van der Waals surface area contributed by atoms with Gasteiger partial charge in [-0.2, -0.15) is 0 Å². The molecule has 2 aromatic carbocycles. The van der Waals surface area contributed by atoms with Crippen molar-refractivity contribution >= 4 is 23.2 Å². The summed E-state index contributed by atoms with van der Waals surface area (Å²) in [5, 5.41) is 9.81. The molecule has 0 unspecified atom stereocenters. The van der Waals surface area contributed by atoms with Gasteiger partial charge in [0.15, 0.2) is 0 Å². The third-order valence-corrected chi connectivity index (χ3v) is 12.5. The number of nitrogens with one attached hydrogen (secondary N) is 3. The molecular weight excluding hydrogens is 935 g/mol. The Hall–Kier alpha value is -4.96. The van der Waals surface area contributed by atoms with Crippen molar-refractivity contribution in [2.45, 2.75) is 57.7 Å². The zero-order valence-corrected chi connectivity index (χ0v) is 43.7. The van der Waals surface area contributed by atoms with E-state index in [0.29, 0.717) is 149 Å². The first-order chi connectivity index (χ1) is 35.6. The summed E-state index contributed by atoms with van der Waals surface area (Å²) in [7, 11) is 1.71. The summed E-state index contributed by atoms with van der Waals surface area (Å²) in [6.45, 7) is 19.6. The molecular formula is C55H79N7O11. The van der Waals surface area contributed by atoms with Crippen LogP contribution >= 0.6 is 0 Å². The summed E-state index contributed by atoms with van der Waals surface area (Å²) in [5.41, 5.74) is 6.16. The zero-order valence-electron chi connectivity index (χ0n) is 43.7. The summed E-state index contributed by atoms with van der Waals surface area (Å²) in [6.07, 6.45) is 5.89. The Bertz CT molecular complexity index is 2210. The number of hydrogen-bond acceptors (Lipinski definition) is 16. The Balaban J connectivity index is 0.700. The van der Waals surface area contributed by atoms with Gasteiger partial charge in [-0.25, -0.2) is 0 Å². The summed E-state index contributed by atoms with van der Waals surface area (Å²) in [4.78, 5) is 39.4. The number of pyridine rings is 2. The fourth-order valence-corrected chi connectivity index (χ4v) is 8.59. The van der Waals surface area contributed by atoms with Gasteiger partial charge in [0, 0.05) is 86.7 Å². The first-order valence-electron chi connectivity index (χ1n) is 25.7. The molecule has 2 aliphatic rings. The first-order valence-corrected chi connectivity index (χ1v) is 25.7. The number of rotatable bonds is 35. The van der Waals surface area contributed by atoms with E-state index in [9.17, 15) is 9.59 Å². The normalized spacial score (nSPS) is 16.9. The highest BCUT2D eigenvalue weighted by atomic mass is 16.6. The number of methoxy groups -OCH3 is 1. The number of amides is 2. The maximum atomic E-state index is 13.9. The van der Waals surface area contributed by atoms with Crippen LogP contribution in [0.1, 0.15) is 66.5 Å². The van der Waals surface area contributed by atoms with Crippen LogP contribution < -0.4 is 25.6 Å². The van der Waals surface area contributed by atoms with Gasteiger partial charge in [0.1, 0.15) is 12.4 Å². The monoisotopic (exact) mass is 1010 g/mol. The van der Waals surface area contributed by atoms with Crippen LogP contribution in [0.5, 0.6) is 5.75 Å². The standard InChI is InChI=1S/C55H79N7O11/c1-42-38-61(49(37-58-42)40-65-5)39-52(63)62-41-55(3,4)53-51(62)35-45(36-59-53)33-44-7-6-8-50(34-44)73-32-31-72-30-29-71-28-27-70-26-25-69-24-23-68-22-21-67-20-19-66-18-17-57-43(2)46-9-11-47(12-10-46)54(64)60-48-13-15-56-16-14-48/h6-16,34-36,42-43,49,57-58H,17-33,37-41H2,1-5H3,(H,56,60,64)/t42-,43-,49-/m1/s1. The fraction of sp³-hybridized carbons (Fsp3) is 0.564. The topological polar surface area (TPSA) is 186 Å². The lowest BCUT2D eigenvalue weighted by molar-refractivity contribution is -0.121. The predicted octanol–water partition coefficient (Wildman–Crippen LogP) is 5.10. The van der Waals surface area contributed by atoms with E-state index in [4.69, 9.17) is 47.6 Å². The van der Waals surface area contributed by atoms with Crippen LogP contribution in [0, 0.1) is 0 Å². The van der Waals surface area contributed by atoms with Crippen LogP contribution in [-0.4, -0.2) is 184 Å². The number of nitrogens with zero attached hydrogens (tertiary/aromatic N) is 4. The second kappa shape index (κ2) is 31.7. The minimum atomic E-state index is -0.237. The van der Waals surface area contributed by atoms with Crippen LogP contribution in [0.15, 0.2) is 85.3 Å². The molecule has 4 aromatic rings. The van der Waals surface area contributed by atoms with Gasteiger partial charge in [0.2, 0.25) is 5.91 Å². The summed E-state index contributed by atoms with van der Waals surface area (Å²) >= 11 is 0. The molecule has 4 heterocycles. The van der Waals surface area contributed by atoms with Gasteiger partial charge in [0.25, 0.3) is 5.91 Å². The number of benzene rings is 2. The second-order valence-corrected chi connectivity index (χ2v) is 18.9. The van der Waals surface area contributed by atoms with Crippen molar-refractivity contribution in [3.63, 3.8) is 0 Å². The second-order valence-electron chi connectivity index (χ2n) is 18.9. The Labute approximate surface area is 432 Å². The highest BCUT2D eigenvalue weighted by Crippen LogP contribution is 2.40. The summed E-state index contributed by atoms with van der Waals surface area (Å²) < 4.78 is 50.8. The SMILES string of the molecule is COC[C@H]1CN[C@H](C)CN1CC(=O)N1CC(C)(C)c2ncc(Cc3cccc(OCCOCCOCCOCCOCCOCCOCCOCCN[C@H](C)c4ccc(C(=O)Nc5ccncc5)cc4)c3)cc21. The van der Waals surface area contributed by atoms with Gasteiger partial charge in [-0.15, -0.1) is 0 Å². The molecule has 3 N–H and O–H groups in total. The zero-order chi connectivity index (χ0) is 51.5. The molecule has 18 nitrogen and oxygen atoms in total. The van der Waals surface area contributed by atoms with E-state index >= 15 is 0 Å². The van der Waals surface area contributed by atoms with Crippen LogP contribution in [0.3, 0.4) is 0 Å². The van der Waals surface area contributed by atoms with Gasteiger partial charge in [-0.1, -0.05) is 38.1 Å². The van der Waals surface area contributed by atoms with Crippen LogP contribution in [-0.2, 0) is 54.5 Å². The number of carbonyl (C=O) groups is 2. The van der Waals surface area contributed by atoms with Gasteiger partial charge in [0.05, 0.1) is 117 Å². The van der Waals surface area contributed by atoms with E-state index < -0.39 is 0 Å². The lowest BCUT2D eigenvalue weighted by Crippen LogP contribution is -2.59. The molecule has 0 spiro atoms. The summed E-state index contributed by atoms with van der Waals surface area (Å²) in [6, 6.07) is 21.9. The van der Waals surface area contributed by atoms with Crippen LogP contribution in [0.4, 0.5) is 11.4 Å². The molecule has 0 bridgehead atoms. The van der Waals surface area contributed by atoms with Crippen molar-refractivity contribution in [3.8, 4) is 5.75 Å².